The number of nitrogens with zero attached hydrogens (tertiary/aromatic N) is 2. The average molecular weight is 455 g/mol. The molecule has 4 aromatic rings. The van der Waals surface area contributed by atoms with E-state index in [1.165, 1.54) is 37.6 Å². The van der Waals surface area contributed by atoms with Gasteiger partial charge in [-0.2, -0.15) is 0 Å². The summed E-state index contributed by atoms with van der Waals surface area (Å²) in [5.41, 5.74) is 4.89. The van der Waals surface area contributed by atoms with Crippen molar-refractivity contribution in [3.63, 3.8) is 0 Å². The van der Waals surface area contributed by atoms with Crippen molar-refractivity contribution < 1.29 is 0 Å². The molecule has 0 bridgehead atoms. The van der Waals surface area contributed by atoms with Crippen LogP contribution < -0.4 is 30.5 Å². The molecule has 1 heterocycles. The van der Waals surface area contributed by atoms with Crippen LogP contribution in [0.1, 0.15) is 0 Å². The summed E-state index contributed by atoms with van der Waals surface area (Å²) in [5, 5.41) is 6.38. The van der Waals surface area contributed by atoms with Crippen LogP contribution in [0.5, 0.6) is 0 Å². The molecule has 0 spiro atoms. The fourth-order valence-electron chi connectivity index (χ4n) is 5.11. The Kier molecular flexibility index (Phi) is 5.11. The summed E-state index contributed by atoms with van der Waals surface area (Å²) in [5.74, 6) is 0. The minimum Gasteiger partial charge on any atom is -0.378 e. The Morgan fingerprint density at radius 3 is 1.69 bits per heavy atom. The summed E-state index contributed by atoms with van der Waals surface area (Å²) >= 11 is 6.90. The largest absolute Gasteiger partial charge is 0.378 e. The van der Waals surface area contributed by atoms with Crippen LogP contribution in [0.4, 0.5) is 11.4 Å². The van der Waals surface area contributed by atoms with Crippen molar-refractivity contribution >= 4 is 51.8 Å². The van der Waals surface area contributed by atoms with Gasteiger partial charge in [0.05, 0.1) is 10.7 Å². The molecule has 4 heteroatoms. The minimum atomic E-state index is -2.49. The number of halogens is 1. The maximum Gasteiger partial charge on any atom is 0.180 e. The second kappa shape index (κ2) is 7.84. The molecule has 32 heavy (non-hydrogen) atoms. The Morgan fingerprint density at radius 2 is 1.16 bits per heavy atom. The van der Waals surface area contributed by atoms with Crippen LogP contribution in [0.3, 0.4) is 0 Å². The molecule has 0 saturated carbocycles. The monoisotopic (exact) mass is 454 g/mol. The second-order valence-electron chi connectivity index (χ2n) is 8.85. The summed E-state index contributed by atoms with van der Waals surface area (Å²) in [6.45, 7) is 0. The molecule has 0 aliphatic carbocycles. The van der Waals surface area contributed by atoms with E-state index in [0.29, 0.717) is 0 Å². The van der Waals surface area contributed by atoms with Gasteiger partial charge in [0.25, 0.3) is 0 Å². The first-order valence-corrected chi connectivity index (χ1v) is 13.3. The predicted octanol–water partition coefficient (Wildman–Crippen LogP) is 3.83. The Hall–Kier alpha value is -3.01. The molecule has 0 N–H and O–H groups in total. The van der Waals surface area contributed by atoms with Gasteiger partial charge in [0, 0.05) is 33.9 Å². The van der Waals surface area contributed by atoms with Gasteiger partial charge in [-0.15, -0.1) is 0 Å². The molecular formula is C28H27ClN2Si. The van der Waals surface area contributed by atoms with Gasteiger partial charge in [0.15, 0.2) is 8.07 Å². The Labute approximate surface area is 196 Å². The van der Waals surface area contributed by atoms with E-state index >= 15 is 0 Å². The van der Waals surface area contributed by atoms with E-state index in [0.717, 1.165) is 10.7 Å². The van der Waals surface area contributed by atoms with Crippen LogP contribution in [0, 0.1) is 0 Å². The summed E-state index contributed by atoms with van der Waals surface area (Å²) in [6.07, 6.45) is 0. The predicted molar refractivity (Wildman–Crippen MR) is 143 cm³/mol. The van der Waals surface area contributed by atoms with Crippen molar-refractivity contribution in [3.8, 4) is 11.1 Å². The SMILES string of the molecule is CN(C)c1ccc2c(c1)-c1cc(N(C)C)c(Cl)cc1[Si]2(c1ccccc1)c1ccccc1. The molecule has 0 fully saturated rings. The van der Waals surface area contributed by atoms with E-state index in [2.05, 4.69) is 129 Å². The molecule has 2 nitrogen and oxygen atoms in total. The number of benzene rings is 4. The fraction of sp³-hybridized carbons (Fsp3) is 0.143. The van der Waals surface area contributed by atoms with E-state index < -0.39 is 8.07 Å². The van der Waals surface area contributed by atoms with E-state index in [1.807, 2.05) is 0 Å². The van der Waals surface area contributed by atoms with Crippen LogP contribution in [0.15, 0.2) is 91.0 Å². The normalized spacial score (nSPS) is 13.4. The Balaban J connectivity index is 1.96. The number of fused-ring (bicyclic) bond motifs is 3. The third-order valence-corrected chi connectivity index (χ3v) is 11.8. The van der Waals surface area contributed by atoms with Crippen LogP contribution in [0.25, 0.3) is 11.1 Å². The first-order chi connectivity index (χ1) is 15.4. The van der Waals surface area contributed by atoms with Crippen molar-refractivity contribution in [2.75, 3.05) is 38.0 Å². The zero-order valence-electron chi connectivity index (χ0n) is 18.9. The van der Waals surface area contributed by atoms with Gasteiger partial charge in [0.2, 0.25) is 0 Å². The number of hydrogen-bond donors (Lipinski definition) is 0. The third-order valence-electron chi connectivity index (χ3n) is 6.60. The third kappa shape index (κ3) is 3.00. The molecule has 0 atom stereocenters. The standard InChI is InChI=1S/C28H27ClN2Si/c1-30(2)20-15-16-27-23(17-20)24-18-26(31(3)4)25(29)19-28(24)32(27,21-11-7-5-8-12-21)22-13-9-6-10-14-22/h5-19H,1-4H3. The van der Waals surface area contributed by atoms with Gasteiger partial charge >= 0.3 is 0 Å². The molecule has 5 rings (SSSR count). The molecular weight excluding hydrogens is 428 g/mol. The van der Waals surface area contributed by atoms with Gasteiger partial charge in [-0.1, -0.05) is 78.3 Å². The summed E-state index contributed by atoms with van der Waals surface area (Å²) < 4.78 is 0. The summed E-state index contributed by atoms with van der Waals surface area (Å²) in [7, 11) is 5.82. The van der Waals surface area contributed by atoms with Gasteiger partial charge < -0.3 is 9.80 Å². The Morgan fingerprint density at radius 1 is 0.594 bits per heavy atom. The van der Waals surface area contributed by atoms with Crippen LogP contribution in [-0.2, 0) is 0 Å². The molecule has 1 aliphatic heterocycles. The highest BCUT2D eigenvalue weighted by Gasteiger charge is 2.49. The van der Waals surface area contributed by atoms with E-state index in [1.54, 1.807) is 0 Å². The smallest absolute Gasteiger partial charge is 0.180 e. The van der Waals surface area contributed by atoms with Crippen molar-refractivity contribution in [1.82, 2.24) is 0 Å². The van der Waals surface area contributed by atoms with Crippen molar-refractivity contribution in [2.24, 2.45) is 0 Å². The van der Waals surface area contributed by atoms with E-state index in [-0.39, 0.29) is 0 Å². The van der Waals surface area contributed by atoms with Crippen molar-refractivity contribution in [3.05, 3.63) is 96.0 Å². The lowest BCUT2D eigenvalue weighted by molar-refractivity contribution is 1.13. The maximum absolute atomic E-state index is 6.90. The first-order valence-electron chi connectivity index (χ1n) is 10.9. The van der Waals surface area contributed by atoms with Crippen molar-refractivity contribution in [2.45, 2.75) is 0 Å². The van der Waals surface area contributed by atoms with E-state index in [4.69, 9.17) is 11.6 Å². The highest BCUT2D eigenvalue weighted by Crippen LogP contribution is 2.36. The average Bonchev–Trinajstić information content (AvgIpc) is 3.09. The van der Waals surface area contributed by atoms with Gasteiger partial charge in [-0.05, 0) is 56.1 Å². The lowest BCUT2D eigenvalue weighted by atomic mass is 10.0. The zero-order chi connectivity index (χ0) is 22.5. The van der Waals surface area contributed by atoms with Gasteiger partial charge in [0.1, 0.15) is 0 Å². The molecule has 0 saturated heterocycles. The molecule has 160 valence electrons. The molecule has 0 radical (unpaired) electrons. The van der Waals surface area contributed by atoms with Gasteiger partial charge in [-0.3, -0.25) is 0 Å². The Bertz CT molecular complexity index is 1240. The van der Waals surface area contributed by atoms with Crippen LogP contribution in [-0.4, -0.2) is 36.3 Å². The fourth-order valence-corrected chi connectivity index (χ4v) is 10.7. The minimum absolute atomic E-state index is 0.804. The zero-order valence-corrected chi connectivity index (χ0v) is 20.7. The van der Waals surface area contributed by atoms with Crippen LogP contribution in [0.2, 0.25) is 5.02 Å². The number of anilines is 2. The van der Waals surface area contributed by atoms with Gasteiger partial charge in [-0.25, -0.2) is 0 Å². The molecule has 0 aromatic heterocycles. The molecule has 0 unspecified atom stereocenters. The lowest BCUT2D eigenvalue weighted by Crippen LogP contribution is -2.72. The topological polar surface area (TPSA) is 6.48 Å². The maximum atomic E-state index is 6.90. The van der Waals surface area contributed by atoms with E-state index in [9.17, 15) is 0 Å². The summed E-state index contributed by atoms with van der Waals surface area (Å²) in [4.78, 5) is 4.28. The van der Waals surface area contributed by atoms with Crippen molar-refractivity contribution in [1.29, 1.82) is 0 Å². The molecule has 0 amide bonds. The molecule has 1 aliphatic rings. The first kappa shape index (κ1) is 20.9. The van der Waals surface area contributed by atoms with Crippen LogP contribution >= 0.6 is 11.6 Å². The quantitative estimate of drug-likeness (QED) is 0.381. The number of rotatable bonds is 4. The highest BCUT2D eigenvalue weighted by molar-refractivity contribution is 7.22. The summed E-state index contributed by atoms with van der Waals surface area (Å²) in [6, 6.07) is 33.5. The lowest BCUT2D eigenvalue weighted by Gasteiger charge is -2.32. The molecule has 4 aromatic carbocycles. The number of hydrogen-bond acceptors (Lipinski definition) is 2. The highest BCUT2D eigenvalue weighted by atomic mass is 35.5. The second-order valence-corrected chi connectivity index (χ2v) is 13.0.